The molecule has 0 bridgehead atoms. The molecule has 0 radical (unpaired) electrons. The molecule has 0 aliphatic carbocycles. The molecule has 2 heterocycles. The van der Waals surface area contributed by atoms with E-state index in [1.165, 1.54) is 5.56 Å². The van der Waals surface area contributed by atoms with Crippen LogP contribution in [-0.4, -0.2) is 35.9 Å². The summed E-state index contributed by atoms with van der Waals surface area (Å²) >= 11 is 0. The van der Waals surface area contributed by atoms with Crippen molar-refractivity contribution in [3.8, 4) is 0 Å². The SMILES string of the molecule is O=C1C=C(c2ccccc2)OC12CCN(CCc1ccccc1)CC2. The van der Waals surface area contributed by atoms with Gasteiger partial charge in [0, 0.05) is 44.1 Å². The van der Waals surface area contributed by atoms with Crippen molar-refractivity contribution in [2.45, 2.75) is 24.9 Å². The molecule has 1 spiro atoms. The molecule has 0 unspecified atom stereocenters. The number of rotatable bonds is 4. The van der Waals surface area contributed by atoms with Gasteiger partial charge in [-0.25, -0.2) is 0 Å². The van der Waals surface area contributed by atoms with Crippen LogP contribution >= 0.6 is 0 Å². The summed E-state index contributed by atoms with van der Waals surface area (Å²) in [6.07, 6.45) is 4.28. The maximum absolute atomic E-state index is 12.6. The Bertz CT molecular complexity index is 759. The van der Waals surface area contributed by atoms with Gasteiger partial charge in [0.1, 0.15) is 5.76 Å². The number of ether oxygens (including phenoxy) is 1. The first-order valence-electron chi connectivity index (χ1n) is 9.02. The van der Waals surface area contributed by atoms with Crippen molar-refractivity contribution in [3.63, 3.8) is 0 Å². The van der Waals surface area contributed by atoms with Crippen LogP contribution < -0.4 is 0 Å². The van der Waals surface area contributed by atoms with Crippen molar-refractivity contribution < 1.29 is 9.53 Å². The molecule has 3 heteroatoms. The van der Waals surface area contributed by atoms with Gasteiger partial charge >= 0.3 is 0 Å². The lowest BCUT2D eigenvalue weighted by Crippen LogP contribution is -2.48. The Morgan fingerprint density at radius 3 is 2.24 bits per heavy atom. The van der Waals surface area contributed by atoms with Crippen molar-refractivity contribution in [3.05, 3.63) is 77.9 Å². The van der Waals surface area contributed by atoms with Gasteiger partial charge in [-0.1, -0.05) is 60.7 Å². The van der Waals surface area contributed by atoms with E-state index in [0.717, 1.165) is 50.2 Å². The van der Waals surface area contributed by atoms with Crippen LogP contribution in [0.3, 0.4) is 0 Å². The fourth-order valence-corrected chi connectivity index (χ4v) is 3.70. The van der Waals surface area contributed by atoms with E-state index in [2.05, 4.69) is 35.2 Å². The summed E-state index contributed by atoms with van der Waals surface area (Å²) in [5, 5.41) is 0. The van der Waals surface area contributed by atoms with E-state index in [1.54, 1.807) is 6.08 Å². The first-order chi connectivity index (χ1) is 12.3. The van der Waals surface area contributed by atoms with Crippen LogP contribution in [0.1, 0.15) is 24.0 Å². The number of hydrogen-bond donors (Lipinski definition) is 0. The topological polar surface area (TPSA) is 29.5 Å². The Morgan fingerprint density at radius 1 is 0.920 bits per heavy atom. The summed E-state index contributed by atoms with van der Waals surface area (Å²) < 4.78 is 6.18. The minimum Gasteiger partial charge on any atom is -0.478 e. The Labute approximate surface area is 148 Å². The molecule has 4 rings (SSSR count). The highest BCUT2D eigenvalue weighted by molar-refractivity contribution is 6.05. The standard InChI is InChI=1S/C22H23NO2/c24-21-17-20(19-9-5-2-6-10-19)25-22(21)12-15-23(16-13-22)14-11-18-7-3-1-4-8-18/h1-10,17H,11-16H2. The zero-order valence-electron chi connectivity index (χ0n) is 14.4. The van der Waals surface area contributed by atoms with Crippen LogP contribution in [-0.2, 0) is 16.0 Å². The Kier molecular flexibility index (Phi) is 4.41. The molecule has 2 aromatic carbocycles. The van der Waals surface area contributed by atoms with Gasteiger partial charge in [0.05, 0.1) is 0 Å². The molecule has 2 aromatic rings. The molecule has 25 heavy (non-hydrogen) atoms. The first-order valence-corrected chi connectivity index (χ1v) is 9.02. The summed E-state index contributed by atoms with van der Waals surface area (Å²) in [4.78, 5) is 15.0. The normalized spacial score (nSPS) is 19.7. The molecule has 3 nitrogen and oxygen atoms in total. The Balaban J connectivity index is 1.35. The van der Waals surface area contributed by atoms with Crippen molar-refractivity contribution in [2.24, 2.45) is 0 Å². The molecule has 0 saturated carbocycles. The molecule has 0 amide bonds. The van der Waals surface area contributed by atoms with Crippen LogP contribution in [0.4, 0.5) is 0 Å². The lowest BCUT2D eigenvalue weighted by molar-refractivity contribution is -0.132. The second-order valence-corrected chi connectivity index (χ2v) is 6.91. The van der Waals surface area contributed by atoms with Gasteiger partial charge in [0.25, 0.3) is 0 Å². The predicted octanol–water partition coefficient (Wildman–Crippen LogP) is 3.70. The lowest BCUT2D eigenvalue weighted by Gasteiger charge is -2.38. The number of nitrogens with zero attached hydrogens (tertiary/aromatic N) is 1. The molecule has 0 N–H and O–H groups in total. The fraction of sp³-hybridized carbons (Fsp3) is 0.318. The summed E-state index contributed by atoms with van der Waals surface area (Å²) in [5.41, 5.74) is 1.72. The molecule has 2 aliphatic heterocycles. The number of piperidine rings is 1. The van der Waals surface area contributed by atoms with E-state index >= 15 is 0 Å². The number of ketones is 1. The summed E-state index contributed by atoms with van der Waals surface area (Å²) in [6, 6.07) is 20.5. The van der Waals surface area contributed by atoms with Crippen molar-refractivity contribution in [2.75, 3.05) is 19.6 Å². The summed E-state index contributed by atoms with van der Waals surface area (Å²) in [7, 11) is 0. The second-order valence-electron chi connectivity index (χ2n) is 6.91. The minimum atomic E-state index is -0.631. The zero-order valence-corrected chi connectivity index (χ0v) is 14.4. The van der Waals surface area contributed by atoms with Crippen LogP contribution in [0.25, 0.3) is 5.76 Å². The molecule has 1 fully saturated rings. The summed E-state index contributed by atoms with van der Waals surface area (Å²) in [6.45, 7) is 2.86. The van der Waals surface area contributed by atoms with E-state index in [0.29, 0.717) is 0 Å². The van der Waals surface area contributed by atoms with E-state index in [4.69, 9.17) is 4.74 Å². The molecule has 2 aliphatic rings. The molecule has 0 atom stereocenters. The Hall–Kier alpha value is -2.39. The molecular formula is C22H23NO2. The zero-order chi connectivity index (χ0) is 17.1. The van der Waals surface area contributed by atoms with E-state index < -0.39 is 5.60 Å². The van der Waals surface area contributed by atoms with Crippen LogP contribution in [0.5, 0.6) is 0 Å². The number of carbonyl (C=O) groups is 1. The van der Waals surface area contributed by atoms with Crippen molar-refractivity contribution >= 4 is 11.5 Å². The number of hydrogen-bond acceptors (Lipinski definition) is 3. The highest BCUT2D eigenvalue weighted by Gasteiger charge is 2.46. The monoisotopic (exact) mass is 333 g/mol. The fourth-order valence-electron chi connectivity index (χ4n) is 3.70. The predicted molar refractivity (Wildman–Crippen MR) is 99.1 cm³/mol. The van der Waals surface area contributed by atoms with E-state index in [9.17, 15) is 4.79 Å². The maximum Gasteiger partial charge on any atom is 0.203 e. The van der Waals surface area contributed by atoms with E-state index in [-0.39, 0.29) is 5.78 Å². The maximum atomic E-state index is 12.6. The number of likely N-dealkylation sites (tertiary alicyclic amines) is 1. The summed E-state index contributed by atoms with van der Waals surface area (Å²) in [5.74, 6) is 0.859. The van der Waals surface area contributed by atoms with E-state index in [1.807, 2.05) is 30.3 Å². The number of benzene rings is 2. The Morgan fingerprint density at radius 2 is 1.56 bits per heavy atom. The average molecular weight is 333 g/mol. The lowest BCUT2D eigenvalue weighted by atomic mass is 9.88. The highest BCUT2D eigenvalue weighted by atomic mass is 16.5. The van der Waals surface area contributed by atoms with Gasteiger partial charge in [-0.2, -0.15) is 0 Å². The molecular weight excluding hydrogens is 310 g/mol. The highest BCUT2D eigenvalue weighted by Crippen LogP contribution is 2.38. The van der Waals surface area contributed by atoms with Crippen LogP contribution in [0.2, 0.25) is 0 Å². The van der Waals surface area contributed by atoms with Gasteiger partial charge < -0.3 is 9.64 Å². The third-order valence-corrected chi connectivity index (χ3v) is 5.30. The van der Waals surface area contributed by atoms with Gasteiger partial charge in [0.2, 0.25) is 5.78 Å². The number of carbonyl (C=O) groups excluding carboxylic acids is 1. The van der Waals surface area contributed by atoms with Crippen LogP contribution in [0.15, 0.2) is 66.7 Å². The van der Waals surface area contributed by atoms with Crippen molar-refractivity contribution in [1.82, 2.24) is 4.90 Å². The van der Waals surface area contributed by atoms with Crippen LogP contribution in [0, 0.1) is 0 Å². The van der Waals surface area contributed by atoms with Gasteiger partial charge in [-0.05, 0) is 12.0 Å². The van der Waals surface area contributed by atoms with Crippen molar-refractivity contribution in [1.29, 1.82) is 0 Å². The molecule has 1 saturated heterocycles. The molecule has 128 valence electrons. The average Bonchev–Trinajstić information content (AvgIpc) is 2.99. The molecule has 0 aromatic heterocycles. The second kappa shape index (κ2) is 6.85. The third kappa shape index (κ3) is 3.38. The smallest absolute Gasteiger partial charge is 0.203 e. The van der Waals surface area contributed by atoms with Gasteiger partial charge in [-0.15, -0.1) is 0 Å². The first kappa shape index (κ1) is 16.1. The quantitative estimate of drug-likeness (QED) is 0.854. The van der Waals surface area contributed by atoms with Gasteiger partial charge in [0.15, 0.2) is 5.60 Å². The minimum absolute atomic E-state index is 0.133. The third-order valence-electron chi connectivity index (χ3n) is 5.30. The largest absolute Gasteiger partial charge is 0.478 e. The van der Waals surface area contributed by atoms with Gasteiger partial charge in [-0.3, -0.25) is 4.79 Å².